The van der Waals surface area contributed by atoms with E-state index in [0.717, 1.165) is 0 Å². The molecule has 0 heterocycles. The second-order valence-electron chi connectivity index (χ2n) is 4.55. The van der Waals surface area contributed by atoms with Crippen LogP contribution in [-0.4, -0.2) is 11.6 Å². The van der Waals surface area contributed by atoms with Crippen LogP contribution in [0.25, 0.3) is 0 Å². The van der Waals surface area contributed by atoms with E-state index in [-0.39, 0.29) is 22.2 Å². The van der Waals surface area contributed by atoms with E-state index in [1.54, 1.807) is 37.3 Å². The summed E-state index contributed by atoms with van der Waals surface area (Å²) in [4.78, 5) is 24.9. The Morgan fingerprint density at radius 2 is 1.58 bits per heavy atom. The molecule has 3 nitrogen and oxygen atoms in total. The lowest BCUT2D eigenvalue weighted by molar-refractivity contribution is 0.0979. The van der Waals surface area contributed by atoms with Crippen molar-refractivity contribution in [2.24, 2.45) is 0 Å². The molecule has 0 bridgehead atoms. The van der Waals surface area contributed by atoms with E-state index in [9.17, 15) is 9.59 Å². The third-order valence-corrected chi connectivity index (χ3v) is 3.79. The number of aryl methyl sites for hydroxylation is 1. The van der Waals surface area contributed by atoms with Gasteiger partial charge in [0.05, 0.1) is 16.3 Å². The lowest BCUT2D eigenvalue weighted by Crippen LogP contribution is -2.22. The van der Waals surface area contributed by atoms with Crippen molar-refractivity contribution < 1.29 is 9.59 Å². The minimum absolute atomic E-state index is 0.169. The number of carbonyl (C=O) groups is 2. The van der Waals surface area contributed by atoms with Crippen LogP contribution >= 0.6 is 11.6 Å². The molecule has 1 aliphatic carbocycles. The number of hydrogen-bond acceptors (Lipinski definition) is 3. The predicted octanol–water partition coefficient (Wildman–Crippen LogP) is 3.01. The van der Waals surface area contributed by atoms with Crippen molar-refractivity contribution in [2.45, 2.75) is 6.92 Å². The summed E-state index contributed by atoms with van der Waals surface area (Å²) in [5, 5.41) is 0.169. The Morgan fingerprint density at radius 1 is 1.00 bits per heavy atom. The third kappa shape index (κ3) is 1.52. The Hall–Kier alpha value is -2.13. The molecule has 0 amide bonds. The molecule has 0 unspecified atom stereocenters. The molecule has 0 atom stereocenters. The van der Waals surface area contributed by atoms with Crippen molar-refractivity contribution in [2.75, 3.05) is 5.73 Å². The van der Waals surface area contributed by atoms with Crippen LogP contribution in [0.15, 0.2) is 30.3 Å². The molecule has 1 aliphatic rings. The van der Waals surface area contributed by atoms with E-state index in [1.165, 1.54) is 0 Å². The zero-order valence-electron chi connectivity index (χ0n) is 10.2. The smallest absolute Gasteiger partial charge is 0.196 e. The van der Waals surface area contributed by atoms with Gasteiger partial charge in [-0.15, -0.1) is 0 Å². The van der Waals surface area contributed by atoms with Gasteiger partial charge in [0.15, 0.2) is 11.6 Å². The van der Waals surface area contributed by atoms with Gasteiger partial charge in [-0.05, 0) is 18.6 Å². The summed E-state index contributed by atoms with van der Waals surface area (Å²) in [6, 6.07) is 8.37. The van der Waals surface area contributed by atoms with Crippen molar-refractivity contribution in [1.29, 1.82) is 0 Å². The zero-order valence-corrected chi connectivity index (χ0v) is 10.9. The van der Waals surface area contributed by atoms with E-state index in [4.69, 9.17) is 17.3 Å². The van der Waals surface area contributed by atoms with E-state index in [0.29, 0.717) is 27.9 Å². The SMILES string of the molecule is Cc1cc2c(c(Cl)c1N)C(=O)c1ccccc1C2=O. The molecule has 2 aromatic carbocycles. The summed E-state index contributed by atoms with van der Waals surface area (Å²) in [5.74, 6) is -0.433. The maximum Gasteiger partial charge on any atom is 0.196 e. The maximum atomic E-state index is 12.4. The summed E-state index contributed by atoms with van der Waals surface area (Å²) in [7, 11) is 0. The Labute approximate surface area is 115 Å². The Morgan fingerprint density at radius 3 is 2.21 bits per heavy atom. The maximum absolute atomic E-state index is 12.4. The fourth-order valence-corrected chi connectivity index (χ4v) is 2.69. The number of halogens is 1. The number of carbonyl (C=O) groups excluding carboxylic acids is 2. The number of rotatable bonds is 0. The number of anilines is 1. The monoisotopic (exact) mass is 271 g/mol. The number of ketones is 2. The number of nitrogens with two attached hydrogens (primary N) is 1. The fraction of sp³-hybridized carbons (Fsp3) is 0.0667. The molecular weight excluding hydrogens is 262 g/mol. The quantitative estimate of drug-likeness (QED) is 0.640. The Kier molecular flexibility index (Phi) is 2.47. The van der Waals surface area contributed by atoms with Gasteiger partial charge in [-0.2, -0.15) is 0 Å². The molecular formula is C15H10ClNO2. The van der Waals surface area contributed by atoms with Crippen LogP contribution in [0, 0.1) is 6.92 Å². The molecule has 2 N–H and O–H groups in total. The molecule has 0 saturated heterocycles. The molecule has 0 radical (unpaired) electrons. The molecule has 2 aromatic rings. The van der Waals surface area contributed by atoms with Crippen molar-refractivity contribution in [3.63, 3.8) is 0 Å². The molecule has 4 heteroatoms. The minimum Gasteiger partial charge on any atom is -0.397 e. The van der Waals surface area contributed by atoms with Gasteiger partial charge < -0.3 is 5.73 Å². The first-order chi connectivity index (χ1) is 9.02. The standard InChI is InChI=1S/C15H10ClNO2/c1-7-6-10-11(12(16)13(7)17)15(19)9-5-3-2-4-8(9)14(10)18/h2-6H,17H2,1H3. The first-order valence-corrected chi connectivity index (χ1v) is 6.17. The van der Waals surface area contributed by atoms with Gasteiger partial charge >= 0.3 is 0 Å². The second kappa shape index (κ2) is 3.93. The molecule has 0 aromatic heterocycles. The molecule has 0 fully saturated rings. The van der Waals surface area contributed by atoms with Gasteiger partial charge in [0.25, 0.3) is 0 Å². The largest absolute Gasteiger partial charge is 0.397 e. The summed E-state index contributed by atoms with van der Waals surface area (Å²) in [5.41, 5.74) is 8.23. The van der Waals surface area contributed by atoms with Crippen LogP contribution < -0.4 is 5.73 Å². The van der Waals surface area contributed by atoms with E-state index in [1.807, 2.05) is 0 Å². The lowest BCUT2D eigenvalue weighted by Gasteiger charge is -2.20. The highest BCUT2D eigenvalue weighted by Crippen LogP contribution is 2.36. The number of benzene rings is 2. The van der Waals surface area contributed by atoms with Crippen molar-refractivity contribution in [3.8, 4) is 0 Å². The number of hydrogen-bond donors (Lipinski definition) is 1. The van der Waals surface area contributed by atoms with Crippen LogP contribution in [0.1, 0.15) is 37.4 Å². The van der Waals surface area contributed by atoms with Gasteiger partial charge in [0.1, 0.15) is 0 Å². The van der Waals surface area contributed by atoms with Gasteiger partial charge in [-0.1, -0.05) is 35.9 Å². The van der Waals surface area contributed by atoms with Crippen molar-refractivity contribution in [1.82, 2.24) is 0 Å². The first-order valence-electron chi connectivity index (χ1n) is 5.79. The lowest BCUT2D eigenvalue weighted by atomic mass is 9.83. The predicted molar refractivity (Wildman–Crippen MR) is 73.9 cm³/mol. The highest BCUT2D eigenvalue weighted by molar-refractivity contribution is 6.41. The van der Waals surface area contributed by atoms with Gasteiger partial charge in [0.2, 0.25) is 0 Å². The molecule has 19 heavy (non-hydrogen) atoms. The van der Waals surface area contributed by atoms with Gasteiger partial charge in [-0.3, -0.25) is 9.59 Å². The van der Waals surface area contributed by atoms with Crippen LogP contribution in [-0.2, 0) is 0 Å². The molecule has 3 rings (SSSR count). The van der Waals surface area contributed by atoms with Crippen molar-refractivity contribution in [3.05, 3.63) is 63.2 Å². The summed E-state index contributed by atoms with van der Waals surface area (Å²) < 4.78 is 0. The van der Waals surface area contributed by atoms with Gasteiger partial charge in [0, 0.05) is 16.7 Å². The number of nitrogen functional groups attached to an aromatic ring is 1. The van der Waals surface area contributed by atoms with Crippen LogP contribution in [0.5, 0.6) is 0 Å². The van der Waals surface area contributed by atoms with Gasteiger partial charge in [-0.25, -0.2) is 0 Å². The Bertz CT molecular complexity index is 750. The van der Waals surface area contributed by atoms with E-state index < -0.39 is 0 Å². The van der Waals surface area contributed by atoms with E-state index >= 15 is 0 Å². The molecule has 0 spiro atoms. The first kappa shape index (κ1) is 11.9. The highest BCUT2D eigenvalue weighted by Gasteiger charge is 2.32. The van der Waals surface area contributed by atoms with Crippen LogP contribution in [0.4, 0.5) is 5.69 Å². The minimum atomic E-state index is -0.248. The Balaban J connectivity index is 2.40. The normalized spacial score (nSPS) is 13.2. The second-order valence-corrected chi connectivity index (χ2v) is 4.93. The fourth-order valence-electron chi connectivity index (χ4n) is 2.35. The highest BCUT2D eigenvalue weighted by atomic mass is 35.5. The number of fused-ring (bicyclic) bond motifs is 2. The average molecular weight is 272 g/mol. The van der Waals surface area contributed by atoms with Crippen LogP contribution in [0.3, 0.4) is 0 Å². The van der Waals surface area contributed by atoms with Crippen LogP contribution in [0.2, 0.25) is 5.02 Å². The molecule has 94 valence electrons. The topological polar surface area (TPSA) is 60.2 Å². The third-order valence-electron chi connectivity index (χ3n) is 3.40. The average Bonchev–Trinajstić information content (AvgIpc) is 2.42. The summed E-state index contributed by atoms with van der Waals surface area (Å²) >= 11 is 6.15. The van der Waals surface area contributed by atoms with E-state index in [2.05, 4.69) is 0 Å². The summed E-state index contributed by atoms with van der Waals surface area (Å²) in [6.45, 7) is 1.76. The zero-order chi connectivity index (χ0) is 13.7. The summed E-state index contributed by atoms with van der Waals surface area (Å²) in [6.07, 6.45) is 0. The molecule has 0 saturated carbocycles. The van der Waals surface area contributed by atoms with Crippen molar-refractivity contribution >= 4 is 28.9 Å². The molecule has 0 aliphatic heterocycles.